The topological polar surface area (TPSA) is 119 Å². The Morgan fingerprint density at radius 1 is 0.677 bits per heavy atom. The molecule has 0 spiro atoms. The second kappa shape index (κ2) is 17.0. The van der Waals surface area contributed by atoms with E-state index >= 15 is 0 Å². The minimum atomic E-state index is 0.0552. The molecule has 2 aliphatic rings. The van der Waals surface area contributed by atoms with E-state index in [0.29, 0.717) is 24.1 Å². The molecule has 11 heteroatoms. The molecule has 0 aliphatic carbocycles. The number of piperidine rings is 2. The van der Waals surface area contributed by atoms with Crippen LogP contribution in [0.1, 0.15) is 93.3 Å². The van der Waals surface area contributed by atoms with Crippen molar-refractivity contribution in [3.8, 4) is 22.3 Å². The van der Waals surface area contributed by atoms with Crippen molar-refractivity contribution >= 4 is 33.6 Å². The highest BCUT2D eigenvalue weighted by atomic mass is 16.2. The number of aryl methyl sites for hydroxylation is 6. The lowest BCUT2D eigenvalue weighted by atomic mass is 9.91. The van der Waals surface area contributed by atoms with Crippen LogP contribution in [-0.2, 0) is 18.3 Å². The van der Waals surface area contributed by atoms with E-state index in [0.717, 1.165) is 104 Å². The molecule has 5 aromatic heterocycles. The summed E-state index contributed by atoms with van der Waals surface area (Å²) in [5.41, 5.74) is 16.9. The minimum absolute atomic E-state index is 0.0552. The first-order chi connectivity index (χ1) is 29.9. The number of rotatable bonds is 10. The van der Waals surface area contributed by atoms with E-state index in [9.17, 15) is 9.59 Å². The molecule has 9 rings (SSSR count). The normalized spacial score (nSPS) is 15.4. The lowest BCUT2D eigenvalue weighted by Gasteiger charge is -2.33. The highest BCUT2D eigenvalue weighted by Gasteiger charge is 2.29. The number of likely N-dealkylation sites (N-methyl/N-ethyl adjacent to an activating group) is 1. The van der Waals surface area contributed by atoms with Crippen LogP contribution in [0.2, 0.25) is 0 Å². The Balaban J connectivity index is 0.787. The van der Waals surface area contributed by atoms with Crippen molar-refractivity contribution in [2.45, 2.75) is 78.6 Å². The fourth-order valence-corrected chi connectivity index (χ4v) is 10.2. The molecule has 2 amide bonds. The minimum Gasteiger partial charge on any atom is -0.358 e. The van der Waals surface area contributed by atoms with Gasteiger partial charge >= 0.3 is 0 Å². The van der Waals surface area contributed by atoms with Crippen LogP contribution < -0.4 is 0 Å². The van der Waals surface area contributed by atoms with Gasteiger partial charge < -0.3 is 24.3 Å². The van der Waals surface area contributed by atoms with Crippen LogP contribution >= 0.6 is 0 Å². The van der Waals surface area contributed by atoms with Gasteiger partial charge in [-0.3, -0.25) is 24.5 Å². The number of H-pyrrole nitrogens is 2. The van der Waals surface area contributed by atoms with Gasteiger partial charge in [0.05, 0.1) is 19.1 Å². The summed E-state index contributed by atoms with van der Waals surface area (Å²) in [5, 5.41) is 2.51. The number of carbonyl (C=O) groups is 2. The smallest absolute Gasteiger partial charge is 0.272 e. The van der Waals surface area contributed by atoms with Gasteiger partial charge in [-0.2, -0.15) is 0 Å². The van der Waals surface area contributed by atoms with Crippen molar-refractivity contribution < 1.29 is 9.59 Å². The van der Waals surface area contributed by atoms with Gasteiger partial charge in [0, 0.05) is 114 Å². The zero-order valence-electron chi connectivity index (χ0n) is 37.3. The largest absolute Gasteiger partial charge is 0.358 e. The van der Waals surface area contributed by atoms with Gasteiger partial charge in [-0.15, -0.1) is 0 Å². The third-order valence-electron chi connectivity index (χ3n) is 13.6. The molecule has 0 radical (unpaired) electrons. The predicted molar refractivity (Wildman–Crippen MR) is 248 cm³/mol. The van der Waals surface area contributed by atoms with Gasteiger partial charge in [0.1, 0.15) is 5.69 Å². The van der Waals surface area contributed by atoms with Crippen molar-refractivity contribution in [3.05, 3.63) is 124 Å². The maximum absolute atomic E-state index is 13.5. The lowest BCUT2D eigenvalue weighted by molar-refractivity contribution is -0.133. The number of likely N-dealkylation sites (tertiary alicyclic amines) is 2. The summed E-state index contributed by atoms with van der Waals surface area (Å²) in [5.74, 6) is 1.04. The Morgan fingerprint density at radius 3 is 1.73 bits per heavy atom. The first-order valence-corrected chi connectivity index (χ1v) is 22.3. The molecule has 0 bridgehead atoms. The van der Waals surface area contributed by atoms with Gasteiger partial charge in [-0.25, -0.2) is 4.98 Å². The average Bonchev–Trinajstić information content (AvgIpc) is 3.95. The predicted octanol–water partition coefficient (Wildman–Crippen LogP) is 8.95. The molecule has 7 aromatic rings. The molecular weight excluding hydrogens is 771 g/mol. The van der Waals surface area contributed by atoms with E-state index in [1.54, 1.807) is 17.1 Å². The van der Waals surface area contributed by atoms with Gasteiger partial charge in [-0.05, 0) is 137 Å². The van der Waals surface area contributed by atoms with Crippen LogP contribution in [-0.4, -0.2) is 102 Å². The molecule has 2 saturated heterocycles. The molecule has 2 aliphatic heterocycles. The summed E-state index contributed by atoms with van der Waals surface area (Å²) in [6.45, 7) is 14.8. The number of pyridine rings is 2. The molecule has 2 fully saturated rings. The number of amides is 2. The second-order valence-electron chi connectivity index (χ2n) is 18.1. The Kier molecular flexibility index (Phi) is 11.3. The highest BCUT2D eigenvalue weighted by molar-refractivity contribution is 5.93. The summed E-state index contributed by atoms with van der Waals surface area (Å²) in [6.07, 6.45) is 7.86. The first-order valence-electron chi connectivity index (χ1n) is 22.3. The van der Waals surface area contributed by atoms with Crippen LogP contribution in [0.4, 0.5) is 0 Å². The van der Waals surface area contributed by atoms with Gasteiger partial charge in [0.2, 0.25) is 5.91 Å². The number of aromatic nitrogens is 6. The number of aromatic amines is 2. The molecule has 0 atom stereocenters. The third kappa shape index (κ3) is 8.30. The zero-order chi connectivity index (χ0) is 43.2. The Bertz CT molecular complexity index is 2770. The van der Waals surface area contributed by atoms with E-state index in [4.69, 9.17) is 4.98 Å². The average molecular weight is 830 g/mol. The van der Waals surface area contributed by atoms with Gasteiger partial charge in [0.25, 0.3) is 5.91 Å². The number of hydrogen-bond donors (Lipinski definition) is 2. The molecule has 0 saturated carbocycles. The molecular formula is C51H59N9O2. The van der Waals surface area contributed by atoms with E-state index in [1.807, 2.05) is 32.8 Å². The van der Waals surface area contributed by atoms with E-state index < -0.39 is 0 Å². The number of imidazole rings is 1. The van der Waals surface area contributed by atoms with Crippen molar-refractivity contribution in [2.24, 2.45) is 7.05 Å². The summed E-state index contributed by atoms with van der Waals surface area (Å²) in [6, 6.07) is 22.1. The molecule has 2 aromatic carbocycles. The Labute approximate surface area is 364 Å². The molecule has 7 heterocycles. The lowest BCUT2D eigenvalue weighted by Crippen LogP contribution is -2.43. The number of nitrogens with one attached hydrogen (secondary N) is 2. The molecule has 2 N–H and O–H groups in total. The van der Waals surface area contributed by atoms with Crippen LogP contribution in [0.5, 0.6) is 0 Å². The van der Waals surface area contributed by atoms with Crippen LogP contribution in [0.15, 0.2) is 73.2 Å². The number of nitrogens with zero attached hydrogens (tertiary/aromatic N) is 7. The standard InChI is InChI=1S/C51H59N9O2/c1-31-22-40(23-32(2)53-31)38-8-10-43-34(4)49(55-45(43)26-38)36-12-18-59(19-13-36)48(61)29-57(6)17-16-42-25-41(24-33(3)54-42)39-9-11-44-35(5)50(56-46(44)27-39)37-14-20-60(21-15-37)51(62)47-28-52-30-58(47)7/h8-11,22-28,30,36-37,55-56H,12-21,29H2,1-7H3. The molecule has 62 heavy (non-hydrogen) atoms. The maximum Gasteiger partial charge on any atom is 0.272 e. The van der Waals surface area contributed by atoms with Crippen molar-refractivity contribution in [1.29, 1.82) is 0 Å². The highest BCUT2D eigenvalue weighted by Crippen LogP contribution is 2.37. The summed E-state index contributed by atoms with van der Waals surface area (Å²) >= 11 is 0. The Hall–Kier alpha value is -6.07. The molecule has 0 unspecified atom stereocenters. The van der Waals surface area contributed by atoms with E-state index in [1.165, 1.54) is 49.9 Å². The SMILES string of the molecule is Cc1cc(-c2ccc3c(C)c(C4CCN(C(=O)CN(C)CCc5cc(-c6ccc7c(C)c(C8CCN(C(=O)c9cncn9C)CC8)[nH]c7c6)cc(C)n5)CC4)[nH]c3c2)cc(C)n1. The maximum atomic E-state index is 13.5. The number of hydrogen-bond acceptors (Lipinski definition) is 6. The van der Waals surface area contributed by atoms with Crippen LogP contribution in [0, 0.1) is 34.6 Å². The van der Waals surface area contributed by atoms with E-state index in [-0.39, 0.29) is 11.8 Å². The monoisotopic (exact) mass is 829 g/mol. The van der Waals surface area contributed by atoms with Crippen molar-refractivity contribution in [2.75, 3.05) is 46.3 Å². The second-order valence-corrected chi connectivity index (χ2v) is 18.1. The van der Waals surface area contributed by atoms with Crippen molar-refractivity contribution in [3.63, 3.8) is 0 Å². The fourth-order valence-electron chi connectivity index (χ4n) is 10.2. The van der Waals surface area contributed by atoms with Gasteiger partial charge in [0.15, 0.2) is 0 Å². The fraction of sp³-hybridized carbons (Fsp3) is 0.392. The first kappa shape index (κ1) is 41.3. The molecule has 320 valence electrons. The van der Waals surface area contributed by atoms with E-state index in [2.05, 4.69) is 111 Å². The molecule has 11 nitrogen and oxygen atoms in total. The number of benzene rings is 2. The summed E-state index contributed by atoms with van der Waals surface area (Å²) in [4.78, 5) is 53.9. The number of carbonyl (C=O) groups excluding carboxylic acids is 2. The third-order valence-corrected chi connectivity index (χ3v) is 13.6. The zero-order valence-corrected chi connectivity index (χ0v) is 37.3. The quantitative estimate of drug-likeness (QED) is 0.142. The Morgan fingerprint density at radius 2 is 1.19 bits per heavy atom. The van der Waals surface area contributed by atoms with Crippen LogP contribution in [0.3, 0.4) is 0 Å². The summed E-state index contributed by atoms with van der Waals surface area (Å²) in [7, 11) is 3.91. The number of fused-ring (bicyclic) bond motifs is 2. The van der Waals surface area contributed by atoms with Crippen molar-refractivity contribution in [1.82, 2.24) is 44.2 Å². The summed E-state index contributed by atoms with van der Waals surface area (Å²) < 4.78 is 1.79. The van der Waals surface area contributed by atoms with Gasteiger partial charge in [-0.1, -0.05) is 24.3 Å². The van der Waals surface area contributed by atoms with Crippen LogP contribution in [0.25, 0.3) is 44.1 Å².